The minimum Gasteiger partial charge on any atom is -0.465 e. The maximum atomic E-state index is 12.9. The first-order chi connectivity index (χ1) is 13.5. The number of nitrogens with one attached hydrogen (secondary N) is 2. The van der Waals surface area contributed by atoms with Crippen LogP contribution in [0.1, 0.15) is 51.6 Å². The van der Waals surface area contributed by atoms with Gasteiger partial charge in [0.15, 0.2) is 11.6 Å². The lowest BCUT2D eigenvalue weighted by Crippen LogP contribution is -2.32. The van der Waals surface area contributed by atoms with Crippen LogP contribution in [0.25, 0.3) is 0 Å². The summed E-state index contributed by atoms with van der Waals surface area (Å²) in [6, 6.07) is 11.9. The van der Waals surface area contributed by atoms with E-state index in [1.165, 1.54) is 0 Å². The first-order valence-electron chi connectivity index (χ1n) is 9.43. The molecule has 0 fully saturated rings. The summed E-state index contributed by atoms with van der Waals surface area (Å²) in [4.78, 5) is 37.2. The van der Waals surface area contributed by atoms with Gasteiger partial charge in [-0.3, -0.25) is 14.4 Å². The molecule has 0 radical (unpaired) electrons. The fourth-order valence-corrected chi connectivity index (χ4v) is 3.16. The van der Waals surface area contributed by atoms with Crippen LogP contribution in [-0.2, 0) is 9.53 Å². The van der Waals surface area contributed by atoms with E-state index in [0.29, 0.717) is 47.5 Å². The van der Waals surface area contributed by atoms with E-state index < -0.39 is 0 Å². The molecule has 1 aliphatic rings. The smallest absolute Gasteiger partial charge is 0.322 e. The molecule has 0 spiro atoms. The van der Waals surface area contributed by atoms with E-state index in [4.69, 9.17) is 4.74 Å². The topological polar surface area (TPSA) is 84.5 Å². The second-order valence-corrected chi connectivity index (χ2v) is 6.74. The highest BCUT2D eigenvalue weighted by molar-refractivity contribution is 6.30. The van der Waals surface area contributed by atoms with Crippen molar-refractivity contribution in [2.24, 2.45) is 0 Å². The highest BCUT2D eigenvalue weighted by Gasteiger charge is 2.31. The molecule has 2 aromatic rings. The number of anilines is 1. The van der Waals surface area contributed by atoms with Crippen molar-refractivity contribution in [3.8, 4) is 0 Å². The number of benzene rings is 2. The molecule has 1 unspecified atom stereocenters. The Labute approximate surface area is 164 Å². The second-order valence-electron chi connectivity index (χ2n) is 6.74. The van der Waals surface area contributed by atoms with Crippen LogP contribution in [0, 0.1) is 0 Å². The van der Waals surface area contributed by atoms with E-state index in [2.05, 4.69) is 10.6 Å². The van der Waals surface area contributed by atoms with Gasteiger partial charge in [-0.2, -0.15) is 0 Å². The van der Waals surface area contributed by atoms with Crippen LogP contribution in [0.3, 0.4) is 0 Å². The lowest BCUT2D eigenvalue weighted by molar-refractivity contribution is -0.145. The van der Waals surface area contributed by atoms with Gasteiger partial charge in [0.25, 0.3) is 0 Å². The van der Waals surface area contributed by atoms with Gasteiger partial charge in [0, 0.05) is 28.9 Å². The molecule has 0 bridgehead atoms. The molecule has 0 saturated carbocycles. The highest BCUT2D eigenvalue weighted by Crippen LogP contribution is 2.31. The molecule has 6 nitrogen and oxygen atoms in total. The van der Waals surface area contributed by atoms with E-state index in [-0.39, 0.29) is 23.6 Å². The third-order valence-electron chi connectivity index (χ3n) is 4.87. The average molecular weight is 380 g/mol. The summed E-state index contributed by atoms with van der Waals surface area (Å²) in [5.41, 5.74) is 2.42. The molecule has 2 aromatic carbocycles. The van der Waals surface area contributed by atoms with Gasteiger partial charge in [-0.05, 0) is 32.9 Å². The molecular formula is C22H24N2O4. The molecule has 146 valence electrons. The molecule has 0 aromatic heterocycles. The Hall–Kier alpha value is -2.99. The van der Waals surface area contributed by atoms with Crippen molar-refractivity contribution in [2.45, 2.75) is 25.8 Å². The lowest BCUT2D eigenvalue weighted by Gasteiger charge is -2.20. The quantitative estimate of drug-likeness (QED) is 0.462. The third-order valence-corrected chi connectivity index (χ3v) is 4.87. The number of likely N-dealkylation sites (N-methyl/N-ethyl adjacent to an activating group) is 1. The summed E-state index contributed by atoms with van der Waals surface area (Å²) in [6.45, 7) is 2.71. The van der Waals surface area contributed by atoms with Crippen LogP contribution in [0.4, 0.5) is 5.69 Å². The van der Waals surface area contributed by atoms with Gasteiger partial charge < -0.3 is 15.4 Å². The van der Waals surface area contributed by atoms with Crippen LogP contribution in [0.15, 0.2) is 42.5 Å². The Kier molecular flexibility index (Phi) is 6.21. The Morgan fingerprint density at radius 3 is 2.36 bits per heavy atom. The first-order valence-corrected chi connectivity index (χ1v) is 9.43. The lowest BCUT2D eigenvalue weighted by atomic mass is 9.83. The van der Waals surface area contributed by atoms with E-state index in [1.807, 2.05) is 6.07 Å². The number of carbonyl (C=O) groups is 3. The Morgan fingerprint density at radius 2 is 1.64 bits per heavy atom. The number of rotatable bonds is 8. The molecule has 2 N–H and O–H groups in total. The van der Waals surface area contributed by atoms with E-state index in [1.54, 1.807) is 50.4 Å². The average Bonchev–Trinajstić information content (AvgIpc) is 2.73. The van der Waals surface area contributed by atoms with Crippen LogP contribution in [-0.4, -0.2) is 43.8 Å². The van der Waals surface area contributed by atoms with E-state index in [0.717, 1.165) is 6.42 Å². The number of carbonyl (C=O) groups excluding carboxylic acids is 3. The normalized spacial score (nSPS) is 13.5. The number of hydrogen-bond acceptors (Lipinski definition) is 6. The van der Waals surface area contributed by atoms with Crippen LogP contribution < -0.4 is 10.6 Å². The fraction of sp³-hybridized carbons (Fsp3) is 0.318. The summed E-state index contributed by atoms with van der Waals surface area (Å²) in [5.74, 6) is -0.530. The summed E-state index contributed by atoms with van der Waals surface area (Å²) >= 11 is 0. The summed E-state index contributed by atoms with van der Waals surface area (Å²) < 4.78 is 5.18. The number of ether oxygens (including phenoxy) is 1. The second kappa shape index (κ2) is 8.80. The van der Waals surface area contributed by atoms with Crippen molar-refractivity contribution in [1.82, 2.24) is 5.32 Å². The fourth-order valence-electron chi connectivity index (χ4n) is 3.16. The highest BCUT2D eigenvalue weighted by atomic mass is 16.5. The largest absolute Gasteiger partial charge is 0.465 e. The maximum Gasteiger partial charge on any atom is 0.322 e. The van der Waals surface area contributed by atoms with Gasteiger partial charge in [-0.15, -0.1) is 0 Å². The van der Waals surface area contributed by atoms with Crippen molar-refractivity contribution < 1.29 is 19.1 Å². The molecule has 0 heterocycles. The Morgan fingerprint density at radius 1 is 0.964 bits per heavy atom. The van der Waals surface area contributed by atoms with Gasteiger partial charge in [0.05, 0.1) is 12.2 Å². The van der Waals surface area contributed by atoms with E-state index >= 15 is 0 Å². The summed E-state index contributed by atoms with van der Waals surface area (Å²) in [5, 5.41) is 6.09. The van der Waals surface area contributed by atoms with Crippen LogP contribution in [0.5, 0.6) is 0 Å². The number of hydrogen-bond donors (Lipinski definition) is 2. The molecule has 0 aliphatic heterocycles. The number of ketones is 2. The zero-order valence-corrected chi connectivity index (χ0v) is 16.1. The SMILES string of the molecule is CNC(C)C(=O)OCCCCNc1cccc2c1C(=O)c1ccccc1C2=O. The molecular weight excluding hydrogens is 356 g/mol. The molecule has 28 heavy (non-hydrogen) atoms. The zero-order valence-electron chi connectivity index (χ0n) is 16.1. The third kappa shape index (κ3) is 3.97. The van der Waals surface area contributed by atoms with Crippen molar-refractivity contribution in [3.63, 3.8) is 0 Å². The molecule has 1 atom stereocenters. The van der Waals surface area contributed by atoms with Crippen LogP contribution >= 0.6 is 0 Å². The maximum absolute atomic E-state index is 12.9. The zero-order chi connectivity index (χ0) is 20.1. The number of unbranched alkanes of at least 4 members (excludes halogenated alkanes) is 1. The number of esters is 1. The van der Waals surface area contributed by atoms with Crippen molar-refractivity contribution in [2.75, 3.05) is 25.5 Å². The summed E-state index contributed by atoms with van der Waals surface area (Å²) in [7, 11) is 1.71. The monoisotopic (exact) mass is 380 g/mol. The summed E-state index contributed by atoms with van der Waals surface area (Å²) in [6.07, 6.45) is 1.48. The van der Waals surface area contributed by atoms with E-state index in [9.17, 15) is 14.4 Å². The first kappa shape index (κ1) is 19.8. The van der Waals surface area contributed by atoms with Gasteiger partial charge in [0.1, 0.15) is 6.04 Å². The van der Waals surface area contributed by atoms with Crippen molar-refractivity contribution in [3.05, 3.63) is 64.7 Å². The van der Waals surface area contributed by atoms with Crippen molar-refractivity contribution in [1.29, 1.82) is 0 Å². The Bertz CT molecular complexity index is 907. The van der Waals surface area contributed by atoms with Gasteiger partial charge in [0.2, 0.25) is 0 Å². The molecule has 0 amide bonds. The Balaban J connectivity index is 1.61. The molecule has 1 aliphatic carbocycles. The minimum absolute atomic E-state index is 0.126. The van der Waals surface area contributed by atoms with Gasteiger partial charge in [-0.1, -0.05) is 36.4 Å². The predicted octanol–water partition coefficient (Wildman–Crippen LogP) is 2.81. The standard InChI is InChI=1S/C22H24N2O4/c1-14(23-2)22(27)28-13-6-5-12-24-18-11-7-10-17-19(18)21(26)16-9-4-3-8-15(16)20(17)25/h3-4,7-11,14,23-24H,5-6,12-13H2,1-2H3. The van der Waals surface area contributed by atoms with Crippen molar-refractivity contribution >= 4 is 23.2 Å². The molecule has 6 heteroatoms. The number of fused-ring (bicyclic) bond motifs is 2. The predicted molar refractivity (Wildman–Crippen MR) is 107 cm³/mol. The van der Waals surface area contributed by atoms with Gasteiger partial charge >= 0.3 is 5.97 Å². The van der Waals surface area contributed by atoms with Crippen LogP contribution in [0.2, 0.25) is 0 Å². The molecule has 0 saturated heterocycles. The molecule has 3 rings (SSSR count). The van der Waals surface area contributed by atoms with Gasteiger partial charge in [-0.25, -0.2) is 0 Å². The minimum atomic E-state index is -0.319.